The Morgan fingerprint density at radius 2 is 2.05 bits per heavy atom. The number of likely N-dealkylation sites (N-methyl/N-ethyl adjacent to an activating group) is 1. The zero-order valence-corrected chi connectivity index (χ0v) is 13.2. The highest BCUT2D eigenvalue weighted by atomic mass is 35.5. The van der Waals surface area contributed by atoms with Crippen LogP contribution in [0, 0.1) is 6.92 Å². The molecule has 0 bridgehead atoms. The molecule has 0 saturated heterocycles. The van der Waals surface area contributed by atoms with Gasteiger partial charge < -0.3 is 5.32 Å². The smallest absolute Gasteiger partial charge is 0.238 e. The van der Waals surface area contributed by atoms with Crippen molar-refractivity contribution < 1.29 is 4.79 Å². The molecule has 1 aromatic carbocycles. The zero-order chi connectivity index (χ0) is 15.4. The fourth-order valence-corrected chi connectivity index (χ4v) is 2.26. The van der Waals surface area contributed by atoms with Crippen LogP contribution in [0.5, 0.6) is 0 Å². The Hall–Kier alpha value is -1.85. The number of hydrogen-bond acceptors (Lipinski definition) is 3. The van der Waals surface area contributed by atoms with Gasteiger partial charge >= 0.3 is 0 Å². The minimum Gasteiger partial charge on any atom is -0.325 e. The van der Waals surface area contributed by atoms with Crippen molar-refractivity contribution in [1.29, 1.82) is 0 Å². The summed E-state index contributed by atoms with van der Waals surface area (Å²) in [4.78, 5) is 13.9. The molecule has 1 amide bonds. The van der Waals surface area contributed by atoms with Gasteiger partial charge in [0.15, 0.2) is 0 Å². The van der Waals surface area contributed by atoms with E-state index in [0.29, 0.717) is 18.1 Å². The van der Waals surface area contributed by atoms with Gasteiger partial charge in [-0.2, -0.15) is 5.10 Å². The van der Waals surface area contributed by atoms with E-state index in [1.54, 1.807) is 28.9 Å². The maximum absolute atomic E-state index is 12.0. The van der Waals surface area contributed by atoms with Crippen molar-refractivity contribution in [2.75, 3.05) is 18.9 Å². The largest absolute Gasteiger partial charge is 0.325 e. The lowest BCUT2D eigenvalue weighted by Gasteiger charge is -2.15. The van der Waals surface area contributed by atoms with Gasteiger partial charge in [-0.1, -0.05) is 11.6 Å². The summed E-state index contributed by atoms with van der Waals surface area (Å²) in [7, 11) is 3.80. The molecule has 0 spiro atoms. The fourth-order valence-electron chi connectivity index (χ4n) is 2.13. The minimum absolute atomic E-state index is 0.0543. The van der Waals surface area contributed by atoms with Gasteiger partial charge in [0.2, 0.25) is 5.91 Å². The van der Waals surface area contributed by atoms with E-state index < -0.39 is 0 Å². The van der Waals surface area contributed by atoms with E-state index in [4.69, 9.17) is 11.6 Å². The Kier molecular flexibility index (Phi) is 4.98. The molecule has 6 heteroatoms. The van der Waals surface area contributed by atoms with E-state index in [1.807, 2.05) is 32.1 Å². The van der Waals surface area contributed by atoms with Gasteiger partial charge in [0, 0.05) is 36.1 Å². The summed E-state index contributed by atoms with van der Waals surface area (Å²) in [5.74, 6) is -0.0543. The third kappa shape index (κ3) is 4.58. The highest BCUT2D eigenvalue weighted by Crippen LogP contribution is 2.13. The number of hydrogen-bond donors (Lipinski definition) is 1. The highest BCUT2D eigenvalue weighted by Gasteiger charge is 2.10. The molecule has 0 aliphatic rings. The van der Waals surface area contributed by atoms with Crippen molar-refractivity contribution in [2.24, 2.45) is 7.05 Å². The number of carbonyl (C=O) groups excluding carboxylic acids is 1. The molecule has 112 valence electrons. The maximum Gasteiger partial charge on any atom is 0.238 e. The van der Waals surface area contributed by atoms with Crippen LogP contribution in [0.3, 0.4) is 0 Å². The van der Waals surface area contributed by atoms with E-state index in [2.05, 4.69) is 10.4 Å². The van der Waals surface area contributed by atoms with Crippen molar-refractivity contribution in [3.8, 4) is 0 Å². The molecule has 0 aliphatic heterocycles. The number of aryl methyl sites for hydroxylation is 2. The number of aromatic nitrogens is 2. The van der Waals surface area contributed by atoms with Crippen LogP contribution in [-0.4, -0.2) is 34.2 Å². The van der Waals surface area contributed by atoms with E-state index in [-0.39, 0.29) is 5.91 Å². The molecule has 0 unspecified atom stereocenters. The van der Waals surface area contributed by atoms with E-state index >= 15 is 0 Å². The lowest BCUT2D eigenvalue weighted by molar-refractivity contribution is -0.117. The molecular weight excluding hydrogens is 288 g/mol. The van der Waals surface area contributed by atoms with Crippen molar-refractivity contribution >= 4 is 23.2 Å². The van der Waals surface area contributed by atoms with Gasteiger partial charge in [-0.05, 0) is 38.2 Å². The molecule has 0 aliphatic carbocycles. The van der Waals surface area contributed by atoms with Crippen molar-refractivity contribution in [2.45, 2.75) is 13.5 Å². The first-order valence-corrected chi connectivity index (χ1v) is 7.05. The van der Waals surface area contributed by atoms with E-state index in [1.165, 1.54) is 0 Å². The molecule has 1 N–H and O–H groups in total. The van der Waals surface area contributed by atoms with Crippen molar-refractivity contribution in [1.82, 2.24) is 14.7 Å². The molecule has 1 heterocycles. The third-order valence-corrected chi connectivity index (χ3v) is 3.35. The Morgan fingerprint density at radius 1 is 1.38 bits per heavy atom. The molecule has 2 aromatic rings. The van der Waals surface area contributed by atoms with Gasteiger partial charge in [0.05, 0.1) is 12.2 Å². The fraction of sp³-hybridized carbons (Fsp3) is 0.333. The van der Waals surface area contributed by atoms with E-state index in [0.717, 1.165) is 16.9 Å². The molecule has 1 aromatic heterocycles. The Morgan fingerprint density at radius 3 is 2.62 bits per heavy atom. The number of rotatable bonds is 5. The average Bonchev–Trinajstić information content (AvgIpc) is 2.70. The Labute approximate surface area is 129 Å². The van der Waals surface area contributed by atoms with Crippen molar-refractivity contribution in [3.05, 3.63) is 46.7 Å². The first-order valence-electron chi connectivity index (χ1n) is 6.67. The summed E-state index contributed by atoms with van der Waals surface area (Å²) >= 11 is 5.81. The lowest BCUT2D eigenvalue weighted by Crippen LogP contribution is -2.29. The predicted molar refractivity (Wildman–Crippen MR) is 84.4 cm³/mol. The molecule has 5 nitrogen and oxygen atoms in total. The van der Waals surface area contributed by atoms with Crippen LogP contribution >= 0.6 is 11.6 Å². The summed E-state index contributed by atoms with van der Waals surface area (Å²) in [6.45, 7) is 2.97. The molecule has 21 heavy (non-hydrogen) atoms. The summed E-state index contributed by atoms with van der Waals surface area (Å²) in [5, 5.41) is 7.79. The number of halogens is 1. The summed E-state index contributed by atoms with van der Waals surface area (Å²) < 4.78 is 1.78. The summed E-state index contributed by atoms with van der Waals surface area (Å²) in [6, 6.07) is 7.07. The zero-order valence-electron chi connectivity index (χ0n) is 12.4. The molecule has 0 atom stereocenters. The van der Waals surface area contributed by atoms with Crippen molar-refractivity contribution in [3.63, 3.8) is 0 Å². The summed E-state index contributed by atoms with van der Waals surface area (Å²) in [5.41, 5.74) is 2.86. The standard InChI is InChI=1S/C15H19ClN4O/c1-11-12(9-20(3)18-11)8-19(2)10-15(21)17-14-6-4-13(16)5-7-14/h4-7,9H,8,10H2,1-3H3,(H,17,21). The quantitative estimate of drug-likeness (QED) is 0.923. The third-order valence-electron chi connectivity index (χ3n) is 3.10. The van der Waals surface area contributed by atoms with Crippen LogP contribution in [0.15, 0.2) is 30.5 Å². The van der Waals surface area contributed by atoms with Crippen LogP contribution < -0.4 is 5.32 Å². The monoisotopic (exact) mass is 306 g/mol. The van der Waals surface area contributed by atoms with Gasteiger partial charge in [-0.3, -0.25) is 14.4 Å². The van der Waals surface area contributed by atoms with Gasteiger partial charge in [-0.25, -0.2) is 0 Å². The van der Waals surface area contributed by atoms with Crippen LogP contribution in [0.1, 0.15) is 11.3 Å². The SMILES string of the molecule is Cc1nn(C)cc1CN(C)CC(=O)Nc1ccc(Cl)cc1. The second-order valence-electron chi connectivity index (χ2n) is 5.14. The van der Waals surface area contributed by atoms with Gasteiger partial charge in [-0.15, -0.1) is 0 Å². The van der Waals surface area contributed by atoms with Crippen LogP contribution in [0.4, 0.5) is 5.69 Å². The van der Waals surface area contributed by atoms with Gasteiger partial charge in [0.25, 0.3) is 0 Å². The average molecular weight is 307 g/mol. The lowest BCUT2D eigenvalue weighted by atomic mass is 10.2. The second kappa shape index (κ2) is 6.74. The molecular formula is C15H19ClN4O. The number of nitrogens with one attached hydrogen (secondary N) is 1. The molecule has 0 radical (unpaired) electrons. The number of amides is 1. The molecule has 0 saturated carbocycles. The molecule has 2 rings (SSSR count). The van der Waals surface area contributed by atoms with Crippen LogP contribution in [0.25, 0.3) is 0 Å². The number of benzene rings is 1. The first-order chi connectivity index (χ1) is 9.94. The van der Waals surface area contributed by atoms with E-state index in [9.17, 15) is 4.79 Å². The Bertz CT molecular complexity index is 621. The number of nitrogens with zero attached hydrogens (tertiary/aromatic N) is 3. The normalized spacial score (nSPS) is 10.9. The topological polar surface area (TPSA) is 50.2 Å². The second-order valence-corrected chi connectivity index (χ2v) is 5.58. The number of carbonyl (C=O) groups is 1. The minimum atomic E-state index is -0.0543. The predicted octanol–water partition coefficient (Wildman–Crippen LogP) is 2.45. The van der Waals surface area contributed by atoms with Crippen LogP contribution in [0.2, 0.25) is 5.02 Å². The maximum atomic E-state index is 12.0. The number of anilines is 1. The highest BCUT2D eigenvalue weighted by molar-refractivity contribution is 6.30. The molecule has 0 fully saturated rings. The first kappa shape index (κ1) is 15.5. The van der Waals surface area contributed by atoms with Gasteiger partial charge in [0.1, 0.15) is 0 Å². The van der Waals surface area contributed by atoms with Crippen LogP contribution in [-0.2, 0) is 18.4 Å². The summed E-state index contributed by atoms with van der Waals surface area (Å²) in [6.07, 6.45) is 1.98. The Balaban J connectivity index is 1.87.